The highest BCUT2D eigenvalue weighted by molar-refractivity contribution is 4.85. The van der Waals surface area contributed by atoms with Crippen LogP contribution in [0, 0.1) is 17.8 Å². The summed E-state index contributed by atoms with van der Waals surface area (Å²) < 4.78 is 5.92. The Hall–Kier alpha value is -0.0800. The van der Waals surface area contributed by atoms with Crippen molar-refractivity contribution >= 4 is 0 Å². The van der Waals surface area contributed by atoms with Crippen molar-refractivity contribution < 1.29 is 4.74 Å². The Kier molecular flexibility index (Phi) is 6.50. The van der Waals surface area contributed by atoms with Crippen LogP contribution in [0.2, 0.25) is 0 Å². The van der Waals surface area contributed by atoms with Gasteiger partial charge in [0.05, 0.1) is 6.10 Å². The smallest absolute Gasteiger partial charge is 0.0754 e. The van der Waals surface area contributed by atoms with Crippen LogP contribution < -0.4 is 5.32 Å². The Morgan fingerprint density at radius 3 is 2.41 bits per heavy atom. The maximum atomic E-state index is 5.92. The van der Waals surface area contributed by atoms with Crippen molar-refractivity contribution in [3.05, 3.63) is 0 Å². The molecule has 1 rings (SSSR count). The summed E-state index contributed by atoms with van der Waals surface area (Å²) in [6.07, 6.45) is 4.24. The lowest BCUT2D eigenvalue weighted by Gasteiger charge is -2.29. The average Bonchev–Trinajstić information content (AvgIpc) is 2.62. The molecule has 0 aromatic heterocycles. The van der Waals surface area contributed by atoms with E-state index in [1.807, 2.05) is 0 Å². The van der Waals surface area contributed by atoms with Crippen LogP contribution in [0.3, 0.4) is 0 Å². The van der Waals surface area contributed by atoms with E-state index in [9.17, 15) is 0 Å². The summed E-state index contributed by atoms with van der Waals surface area (Å²) in [4.78, 5) is 0. The first-order chi connectivity index (χ1) is 8.04. The highest BCUT2D eigenvalue weighted by atomic mass is 16.5. The van der Waals surface area contributed by atoms with Crippen LogP contribution in [0.4, 0.5) is 0 Å². The zero-order chi connectivity index (χ0) is 12.8. The van der Waals surface area contributed by atoms with Crippen molar-refractivity contribution in [1.29, 1.82) is 0 Å². The molecule has 4 unspecified atom stereocenters. The SMILES string of the molecule is CCNC(CC(C)CC(C)C)C1OCCC1C. The normalized spacial score (nSPS) is 28.6. The number of hydrogen-bond donors (Lipinski definition) is 1. The molecular formula is C15H31NO. The van der Waals surface area contributed by atoms with Crippen molar-refractivity contribution in [2.24, 2.45) is 17.8 Å². The van der Waals surface area contributed by atoms with Gasteiger partial charge in [-0.15, -0.1) is 0 Å². The average molecular weight is 241 g/mol. The minimum atomic E-state index is 0.435. The molecule has 1 heterocycles. The molecule has 1 saturated heterocycles. The van der Waals surface area contributed by atoms with E-state index in [1.165, 1.54) is 19.3 Å². The maximum Gasteiger partial charge on any atom is 0.0754 e. The Morgan fingerprint density at radius 2 is 1.94 bits per heavy atom. The van der Waals surface area contributed by atoms with Crippen molar-refractivity contribution in [3.8, 4) is 0 Å². The fourth-order valence-corrected chi connectivity index (χ4v) is 3.16. The molecule has 0 aromatic rings. The summed E-state index contributed by atoms with van der Waals surface area (Å²) >= 11 is 0. The van der Waals surface area contributed by atoms with E-state index >= 15 is 0 Å². The van der Waals surface area contributed by atoms with Gasteiger partial charge in [-0.25, -0.2) is 0 Å². The van der Waals surface area contributed by atoms with Crippen molar-refractivity contribution in [3.63, 3.8) is 0 Å². The standard InChI is InChI=1S/C15H31NO/c1-6-16-14(10-12(4)9-11(2)3)15-13(5)7-8-17-15/h11-16H,6-10H2,1-5H3. The highest BCUT2D eigenvalue weighted by Gasteiger charge is 2.32. The van der Waals surface area contributed by atoms with Gasteiger partial charge in [-0.2, -0.15) is 0 Å². The lowest BCUT2D eigenvalue weighted by atomic mass is 9.87. The Labute approximate surface area is 108 Å². The number of nitrogens with one attached hydrogen (secondary N) is 1. The van der Waals surface area contributed by atoms with Crippen LogP contribution in [0.15, 0.2) is 0 Å². The molecule has 0 radical (unpaired) electrons. The predicted molar refractivity (Wildman–Crippen MR) is 74.2 cm³/mol. The molecule has 1 N–H and O–H groups in total. The lowest BCUT2D eigenvalue weighted by Crippen LogP contribution is -2.43. The molecular weight excluding hydrogens is 210 g/mol. The van der Waals surface area contributed by atoms with Gasteiger partial charge in [0.15, 0.2) is 0 Å². The second-order valence-electron chi connectivity index (χ2n) is 6.24. The van der Waals surface area contributed by atoms with Gasteiger partial charge >= 0.3 is 0 Å². The quantitative estimate of drug-likeness (QED) is 0.737. The molecule has 17 heavy (non-hydrogen) atoms. The summed E-state index contributed by atoms with van der Waals surface area (Å²) in [5, 5.41) is 3.63. The van der Waals surface area contributed by atoms with Gasteiger partial charge in [0.25, 0.3) is 0 Å². The molecule has 1 fully saturated rings. The molecule has 2 nitrogen and oxygen atoms in total. The maximum absolute atomic E-state index is 5.92. The second-order valence-corrected chi connectivity index (χ2v) is 6.24. The second kappa shape index (κ2) is 7.38. The molecule has 0 bridgehead atoms. The van der Waals surface area contributed by atoms with Gasteiger partial charge in [0.2, 0.25) is 0 Å². The van der Waals surface area contributed by atoms with E-state index in [-0.39, 0.29) is 0 Å². The van der Waals surface area contributed by atoms with E-state index < -0.39 is 0 Å². The van der Waals surface area contributed by atoms with Crippen molar-refractivity contribution in [2.45, 2.75) is 66.0 Å². The minimum Gasteiger partial charge on any atom is -0.376 e. The molecule has 0 aromatic carbocycles. The van der Waals surface area contributed by atoms with Crippen LogP contribution in [-0.4, -0.2) is 25.3 Å². The Bertz CT molecular complexity index is 205. The van der Waals surface area contributed by atoms with Gasteiger partial charge in [-0.1, -0.05) is 34.6 Å². The van der Waals surface area contributed by atoms with Crippen LogP contribution in [0.1, 0.15) is 53.9 Å². The number of likely N-dealkylation sites (N-methyl/N-ethyl adjacent to an activating group) is 1. The first kappa shape index (κ1) is 15.0. The third kappa shape index (κ3) is 4.97. The Balaban J connectivity index is 2.47. The molecule has 1 aliphatic rings. The first-order valence-electron chi connectivity index (χ1n) is 7.39. The zero-order valence-corrected chi connectivity index (χ0v) is 12.3. The minimum absolute atomic E-state index is 0.435. The van der Waals surface area contributed by atoms with Crippen LogP contribution in [-0.2, 0) is 4.74 Å². The lowest BCUT2D eigenvalue weighted by molar-refractivity contribution is 0.0530. The predicted octanol–water partition coefficient (Wildman–Crippen LogP) is 3.46. The van der Waals surface area contributed by atoms with Crippen molar-refractivity contribution in [1.82, 2.24) is 5.32 Å². The fraction of sp³-hybridized carbons (Fsp3) is 1.00. The van der Waals surface area contributed by atoms with Gasteiger partial charge in [0, 0.05) is 12.6 Å². The molecule has 1 aliphatic heterocycles. The number of rotatable bonds is 7. The molecule has 0 aliphatic carbocycles. The van der Waals surface area contributed by atoms with E-state index in [2.05, 4.69) is 39.9 Å². The van der Waals surface area contributed by atoms with Gasteiger partial charge in [-0.3, -0.25) is 0 Å². The summed E-state index contributed by atoms with van der Waals surface area (Å²) in [5.41, 5.74) is 0. The molecule has 102 valence electrons. The number of ether oxygens (including phenoxy) is 1. The summed E-state index contributed by atoms with van der Waals surface area (Å²) in [5.74, 6) is 2.30. The highest BCUT2D eigenvalue weighted by Crippen LogP contribution is 2.27. The van der Waals surface area contributed by atoms with E-state index in [1.54, 1.807) is 0 Å². The first-order valence-corrected chi connectivity index (χ1v) is 7.39. The fourth-order valence-electron chi connectivity index (χ4n) is 3.16. The molecule has 0 spiro atoms. The summed E-state index contributed by atoms with van der Waals surface area (Å²) in [6.45, 7) is 13.5. The third-order valence-corrected chi connectivity index (χ3v) is 3.84. The van der Waals surface area contributed by atoms with E-state index in [0.29, 0.717) is 18.1 Å². The van der Waals surface area contributed by atoms with Crippen LogP contribution >= 0.6 is 0 Å². The number of hydrogen-bond acceptors (Lipinski definition) is 2. The van der Waals surface area contributed by atoms with Crippen LogP contribution in [0.5, 0.6) is 0 Å². The Morgan fingerprint density at radius 1 is 1.24 bits per heavy atom. The van der Waals surface area contributed by atoms with Crippen molar-refractivity contribution in [2.75, 3.05) is 13.2 Å². The van der Waals surface area contributed by atoms with Crippen LogP contribution in [0.25, 0.3) is 0 Å². The monoisotopic (exact) mass is 241 g/mol. The molecule has 0 amide bonds. The third-order valence-electron chi connectivity index (χ3n) is 3.84. The summed E-state index contributed by atoms with van der Waals surface area (Å²) in [6, 6.07) is 0.547. The molecule has 0 saturated carbocycles. The van der Waals surface area contributed by atoms with Gasteiger partial charge in [0.1, 0.15) is 0 Å². The summed E-state index contributed by atoms with van der Waals surface area (Å²) in [7, 11) is 0. The van der Waals surface area contributed by atoms with E-state index in [4.69, 9.17) is 4.74 Å². The molecule has 4 atom stereocenters. The molecule has 2 heteroatoms. The largest absolute Gasteiger partial charge is 0.376 e. The van der Waals surface area contributed by atoms with Gasteiger partial charge in [-0.05, 0) is 43.6 Å². The van der Waals surface area contributed by atoms with Gasteiger partial charge < -0.3 is 10.1 Å². The van der Waals surface area contributed by atoms with E-state index in [0.717, 1.165) is 25.0 Å². The topological polar surface area (TPSA) is 21.3 Å². The zero-order valence-electron chi connectivity index (χ0n) is 12.3.